The number of carbonyl (C=O) groups is 2. The molecule has 220 valence electrons. The molecule has 1 aliphatic heterocycles. The van der Waals surface area contributed by atoms with Crippen molar-refractivity contribution in [2.75, 3.05) is 19.4 Å². The summed E-state index contributed by atoms with van der Waals surface area (Å²) in [4.78, 5) is 24.8. The first kappa shape index (κ1) is 33.3. The summed E-state index contributed by atoms with van der Waals surface area (Å²) >= 11 is 0. The summed E-state index contributed by atoms with van der Waals surface area (Å²) in [6.07, 6.45) is -1.30. The van der Waals surface area contributed by atoms with Crippen LogP contribution in [0.4, 0.5) is 0 Å². The number of ketones is 1. The van der Waals surface area contributed by atoms with Crippen LogP contribution in [-0.2, 0) is 34.5 Å². The van der Waals surface area contributed by atoms with E-state index in [0.29, 0.717) is 12.3 Å². The standard InChI is InChI=1S/C28H44NO9P/c1-19(2)9-8-10-20(3)13-14-36-39(35,37-17-22-11-6-5-7-12-22)18-23(32)15-24-26(29-21(4)31)28(34)27(33)25(16-30)38-24/h5-7,9,11-12,20,24-28,30,33-34H,8,10,13-18H2,1-4H3,(H,29,31)/t20-,24-,25-,26+,27-,28-,39?/m1/s1. The van der Waals surface area contributed by atoms with Crippen molar-refractivity contribution in [1.29, 1.82) is 0 Å². The van der Waals surface area contributed by atoms with Gasteiger partial charge in [-0.25, -0.2) is 0 Å². The average molecular weight is 570 g/mol. The number of rotatable bonds is 16. The smallest absolute Gasteiger partial charge is 0.338 e. The molecule has 10 nitrogen and oxygen atoms in total. The Morgan fingerprint density at radius 1 is 1.08 bits per heavy atom. The van der Waals surface area contributed by atoms with Crippen molar-refractivity contribution in [3.05, 3.63) is 47.5 Å². The van der Waals surface area contributed by atoms with Crippen molar-refractivity contribution in [2.45, 2.75) is 90.4 Å². The number of aliphatic hydroxyl groups is 3. The van der Waals surface area contributed by atoms with Gasteiger partial charge in [0.15, 0.2) is 0 Å². The van der Waals surface area contributed by atoms with Crippen LogP contribution in [0.3, 0.4) is 0 Å². The molecule has 1 aromatic rings. The Morgan fingerprint density at radius 3 is 2.38 bits per heavy atom. The van der Waals surface area contributed by atoms with Gasteiger partial charge in [-0.3, -0.25) is 14.2 Å². The number of allylic oxidation sites excluding steroid dienone is 2. The predicted octanol–water partition coefficient (Wildman–Crippen LogP) is 3.13. The summed E-state index contributed by atoms with van der Waals surface area (Å²) in [7, 11) is -3.87. The lowest BCUT2D eigenvalue weighted by Crippen LogP contribution is -2.64. The SMILES string of the molecule is CC(=O)N[C@@H]1[C@@H](O)[C@H](O)[C@@H](CO)O[C@@H]1CC(=O)CP(=O)(OCC[C@H](C)CCC=C(C)C)OCc1ccccc1. The molecule has 0 radical (unpaired) electrons. The number of nitrogens with one attached hydrogen (secondary N) is 1. The molecule has 39 heavy (non-hydrogen) atoms. The number of aliphatic hydroxyl groups excluding tert-OH is 3. The first-order chi connectivity index (χ1) is 18.4. The van der Waals surface area contributed by atoms with Gasteiger partial charge in [-0.2, -0.15) is 0 Å². The second kappa shape index (κ2) is 16.4. The molecule has 0 spiro atoms. The van der Waals surface area contributed by atoms with Gasteiger partial charge in [0.1, 0.15) is 30.3 Å². The van der Waals surface area contributed by atoms with Gasteiger partial charge in [0.05, 0.1) is 32.0 Å². The summed E-state index contributed by atoms with van der Waals surface area (Å²) in [5.74, 6) is -0.700. The molecule has 0 aromatic heterocycles. The van der Waals surface area contributed by atoms with Crippen LogP contribution in [0.1, 0.15) is 58.9 Å². The molecule has 0 bridgehead atoms. The molecule has 7 atom stereocenters. The molecule has 1 fully saturated rings. The zero-order valence-corrected chi connectivity index (χ0v) is 24.2. The summed E-state index contributed by atoms with van der Waals surface area (Å²) in [6, 6.07) is 8.02. The van der Waals surface area contributed by atoms with Crippen LogP contribution in [0.2, 0.25) is 0 Å². The zero-order chi connectivity index (χ0) is 29.0. The molecule has 1 saturated heterocycles. The molecule has 11 heteroatoms. The number of carbonyl (C=O) groups excluding carboxylic acids is 2. The van der Waals surface area contributed by atoms with Crippen molar-refractivity contribution in [3.63, 3.8) is 0 Å². The van der Waals surface area contributed by atoms with Crippen LogP contribution in [0, 0.1) is 5.92 Å². The maximum absolute atomic E-state index is 13.7. The fourth-order valence-corrected chi connectivity index (χ4v) is 5.90. The summed E-state index contributed by atoms with van der Waals surface area (Å²) < 4.78 is 30.8. The first-order valence-corrected chi connectivity index (χ1v) is 15.1. The molecule has 0 aliphatic carbocycles. The van der Waals surface area contributed by atoms with Crippen LogP contribution in [0.5, 0.6) is 0 Å². The number of amides is 1. The predicted molar refractivity (Wildman–Crippen MR) is 147 cm³/mol. The van der Waals surface area contributed by atoms with Gasteiger partial charge < -0.3 is 34.4 Å². The zero-order valence-electron chi connectivity index (χ0n) is 23.3. The fourth-order valence-electron chi connectivity index (χ4n) is 4.36. The van der Waals surface area contributed by atoms with E-state index in [0.717, 1.165) is 18.4 Å². The Kier molecular flexibility index (Phi) is 14.0. The maximum atomic E-state index is 13.7. The Bertz CT molecular complexity index is 983. The lowest BCUT2D eigenvalue weighted by atomic mass is 9.90. The molecule has 1 amide bonds. The molecule has 1 aromatic carbocycles. The Balaban J connectivity index is 2.08. The molecular formula is C28H44NO9P. The molecular weight excluding hydrogens is 525 g/mol. The summed E-state index contributed by atoms with van der Waals surface area (Å²) in [5, 5.41) is 32.7. The first-order valence-electron chi connectivity index (χ1n) is 13.4. The van der Waals surface area contributed by atoms with E-state index in [4.69, 9.17) is 13.8 Å². The number of hydrogen-bond donors (Lipinski definition) is 4. The van der Waals surface area contributed by atoms with Crippen LogP contribution in [0.25, 0.3) is 0 Å². The van der Waals surface area contributed by atoms with Crippen molar-refractivity contribution >= 4 is 19.3 Å². The largest absolute Gasteiger partial charge is 0.394 e. The average Bonchev–Trinajstić information content (AvgIpc) is 2.87. The van der Waals surface area contributed by atoms with E-state index >= 15 is 0 Å². The third kappa shape index (κ3) is 11.6. The maximum Gasteiger partial charge on any atom is 0.338 e. The molecule has 1 aliphatic rings. The van der Waals surface area contributed by atoms with Gasteiger partial charge in [-0.1, -0.05) is 48.9 Å². The van der Waals surface area contributed by atoms with Gasteiger partial charge in [-0.05, 0) is 44.6 Å². The van der Waals surface area contributed by atoms with E-state index in [9.17, 15) is 29.5 Å². The van der Waals surface area contributed by atoms with Gasteiger partial charge in [-0.15, -0.1) is 0 Å². The minimum atomic E-state index is -3.87. The Labute approximate surface area is 231 Å². The second-order valence-electron chi connectivity index (χ2n) is 10.5. The normalized spacial score (nSPS) is 25.4. The van der Waals surface area contributed by atoms with Gasteiger partial charge in [0.2, 0.25) is 5.91 Å². The van der Waals surface area contributed by atoms with Crippen molar-refractivity contribution in [1.82, 2.24) is 5.32 Å². The van der Waals surface area contributed by atoms with Crippen molar-refractivity contribution < 1.29 is 43.3 Å². The quantitative estimate of drug-likeness (QED) is 0.174. The molecule has 4 N–H and O–H groups in total. The van der Waals surface area contributed by atoms with E-state index in [-0.39, 0.29) is 19.6 Å². The molecule has 1 unspecified atom stereocenters. The van der Waals surface area contributed by atoms with E-state index in [1.807, 2.05) is 30.3 Å². The highest BCUT2D eigenvalue weighted by molar-refractivity contribution is 7.54. The fraction of sp³-hybridized carbons (Fsp3) is 0.643. The van der Waals surface area contributed by atoms with Crippen molar-refractivity contribution in [2.24, 2.45) is 5.92 Å². The van der Waals surface area contributed by atoms with Gasteiger partial charge in [0.25, 0.3) is 0 Å². The topological polar surface area (TPSA) is 152 Å². The number of Topliss-reactive ketones (excluding diaryl/α,β-unsaturated/α-hetero) is 1. The molecule has 2 rings (SSSR count). The number of benzene rings is 1. The number of ether oxygens (including phenoxy) is 1. The van der Waals surface area contributed by atoms with Gasteiger partial charge >= 0.3 is 7.60 Å². The Morgan fingerprint density at radius 2 is 1.77 bits per heavy atom. The van der Waals surface area contributed by atoms with Crippen LogP contribution in [0.15, 0.2) is 42.0 Å². The highest BCUT2D eigenvalue weighted by atomic mass is 31.2. The number of hydrogen-bond acceptors (Lipinski definition) is 9. The van der Waals surface area contributed by atoms with Gasteiger partial charge in [0, 0.05) is 13.3 Å². The minimum Gasteiger partial charge on any atom is -0.394 e. The lowest BCUT2D eigenvalue weighted by molar-refractivity contribution is -0.196. The highest BCUT2D eigenvalue weighted by Crippen LogP contribution is 2.49. The lowest BCUT2D eigenvalue weighted by Gasteiger charge is -2.42. The monoisotopic (exact) mass is 569 g/mol. The Hall–Kier alpha value is -1.91. The van der Waals surface area contributed by atoms with Crippen LogP contribution >= 0.6 is 7.60 Å². The van der Waals surface area contributed by atoms with E-state index in [1.54, 1.807) is 0 Å². The van der Waals surface area contributed by atoms with E-state index in [1.165, 1.54) is 12.5 Å². The minimum absolute atomic E-state index is 0.00649. The van der Waals surface area contributed by atoms with Crippen molar-refractivity contribution in [3.8, 4) is 0 Å². The second-order valence-corrected chi connectivity index (χ2v) is 12.5. The summed E-state index contributed by atoms with van der Waals surface area (Å²) in [6.45, 7) is 6.97. The highest BCUT2D eigenvalue weighted by Gasteiger charge is 2.45. The third-order valence-electron chi connectivity index (χ3n) is 6.58. The summed E-state index contributed by atoms with van der Waals surface area (Å²) in [5.41, 5.74) is 2.03. The van der Waals surface area contributed by atoms with Crippen LogP contribution < -0.4 is 5.32 Å². The van der Waals surface area contributed by atoms with E-state index in [2.05, 4.69) is 32.2 Å². The third-order valence-corrected chi connectivity index (χ3v) is 8.42. The van der Waals surface area contributed by atoms with Crippen LogP contribution in [-0.4, -0.2) is 76.8 Å². The molecule has 0 saturated carbocycles. The molecule has 1 heterocycles. The van der Waals surface area contributed by atoms with E-state index < -0.39 is 62.5 Å².